The Balaban J connectivity index is 2.43. The Labute approximate surface area is 119 Å². The molecule has 1 heterocycles. The van der Waals surface area contributed by atoms with Gasteiger partial charge in [-0.1, -0.05) is 6.92 Å². The van der Waals surface area contributed by atoms with Gasteiger partial charge in [0.05, 0.1) is 26.0 Å². The highest BCUT2D eigenvalue weighted by Crippen LogP contribution is 2.29. The van der Waals surface area contributed by atoms with Crippen LogP contribution in [0, 0.1) is 0 Å². The standard InChI is InChI=1S/C15H21N3O2/c1-5-14-13(9-18(2)17-14)15(16)10-6-11(19-3)8-12(7-10)20-4/h6-9,15H,5,16H2,1-4H3. The molecule has 0 amide bonds. The highest BCUT2D eigenvalue weighted by molar-refractivity contribution is 5.43. The first kappa shape index (κ1) is 14.4. The molecule has 20 heavy (non-hydrogen) atoms. The van der Waals surface area contributed by atoms with E-state index in [0.29, 0.717) is 0 Å². The molecule has 0 radical (unpaired) electrons. The van der Waals surface area contributed by atoms with E-state index in [0.717, 1.165) is 34.7 Å². The van der Waals surface area contributed by atoms with Gasteiger partial charge in [-0.25, -0.2) is 0 Å². The molecule has 0 fully saturated rings. The Morgan fingerprint density at radius 3 is 2.30 bits per heavy atom. The summed E-state index contributed by atoms with van der Waals surface area (Å²) in [5, 5.41) is 4.44. The number of benzene rings is 1. The molecule has 0 aliphatic carbocycles. The molecule has 1 aromatic heterocycles. The third-order valence-electron chi connectivity index (χ3n) is 3.34. The molecule has 0 spiro atoms. The number of hydrogen-bond donors (Lipinski definition) is 1. The molecule has 0 saturated carbocycles. The normalized spacial score (nSPS) is 12.2. The maximum atomic E-state index is 6.39. The van der Waals surface area contributed by atoms with Crippen LogP contribution in [0.15, 0.2) is 24.4 Å². The van der Waals surface area contributed by atoms with Gasteiger partial charge in [0.1, 0.15) is 11.5 Å². The molecule has 2 aromatic rings. The summed E-state index contributed by atoms with van der Waals surface area (Å²) in [5.41, 5.74) is 9.39. The molecular weight excluding hydrogens is 254 g/mol. The summed E-state index contributed by atoms with van der Waals surface area (Å²) < 4.78 is 12.4. The van der Waals surface area contributed by atoms with Gasteiger partial charge in [0.2, 0.25) is 0 Å². The zero-order valence-corrected chi connectivity index (χ0v) is 12.4. The van der Waals surface area contributed by atoms with Crippen molar-refractivity contribution >= 4 is 0 Å². The number of aryl methyl sites for hydroxylation is 2. The van der Waals surface area contributed by atoms with Crippen molar-refractivity contribution in [3.8, 4) is 11.5 Å². The third-order valence-corrected chi connectivity index (χ3v) is 3.34. The maximum absolute atomic E-state index is 6.39. The van der Waals surface area contributed by atoms with Crippen LogP contribution in [0.5, 0.6) is 11.5 Å². The quantitative estimate of drug-likeness (QED) is 0.907. The van der Waals surface area contributed by atoms with Gasteiger partial charge in [-0.3, -0.25) is 4.68 Å². The first-order chi connectivity index (χ1) is 9.58. The molecule has 2 rings (SSSR count). The van der Waals surface area contributed by atoms with Crippen molar-refractivity contribution < 1.29 is 9.47 Å². The van der Waals surface area contributed by atoms with Crippen molar-refractivity contribution in [1.82, 2.24) is 9.78 Å². The van der Waals surface area contributed by atoms with E-state index >= 15 is 0 Å². The molecule has 1 unspecified atom stereocenters. The van der Waals surface area contributed by atoms with Crippen LogP contribution in [-0.4, -0.2) is 24.0 Å². The molecule has 0 bridgehead atoms. The Kier molecular flexibility index (Phi) is 4.29. The molecule has 2 N–H and O–H groups in total. The van der Waals surface area contributed by atoms with Crippen molar-refractivity contribution in [2.24, 2.45) is 12.8 Å². The Hall–Kier alpha value is -2.01. The topological polar surface area (TPSA) is 62.3 Å². The number of methoxy groups -OCH3 is 2. The van der Waals surface area contributed by atoms with Crippen LogP contribution >= 0.6 is 0 Å². The van der Waals surface area contributed by atoms with Crippen molar-refractivity contribution in [1.29, 1.82) is 0 Å². The number of ether oxygens (including phenoxy) is 2. The van der Waals surface area contributed by atoms with Crippen LogP contribution in [0.4, 0.5) is 0 Å². The Bertz CT molecular complexity index is 571. The van der Waals surface area contributed by atoms with Crippen LogP contribution in [-0.2, 0) is 13.5 Å². The van der Waals surface area contributed by atoms with E-state index in [9.17, 15) is 0 Å². The molecule has 108 valence electrons. The lowest BCUT2D eigenvalue weighted by atomic mass is 9.99. The first-order valence-electron chi connectivity index (χ1n) is 6.60. The molecule has 0 aliphatic rings. The molecular formula is C15H21N3O2. The Morgan fingerprint density at radius 2 is 1.80 bits per heavy atom. The molecule has 0 saturated heterocycles. The maximum Gasteiger partial charge on any atom is 0.122 e. The van der Waals surface area contributed by atoms with Crippen molar-refractivity contribution in [3.63, 3.8) is 0 Å². The van der Waals surface area contributed by atoms with Gasteiger partial charge < -0.3 is 15.2 Å². The van der Waals surface area contributed by atoms with Gasteiger partial charge in [-0.2, -0.15) is 5.10 Å². The zero-order valence-electron chi connectivity index (χ0n) is 12.4. The third kappa shape index (κ3) is 2.77. The Morgan fingerprint density at radius 1 is 1.20 bits per heavy atom. The summed E-state index contributed by atoms with van der Waals surface area (Å²) >= 11 is 0. The van der Waals surface area contributed by atoms with E-state index in [2.05, 4.69) is 12.0 Å². The largest absolute Gasteiger partial charge is 0.497 e. The lowest BCUT2D eigenvalue weighted by Crippen LogP contribution is -2.13. The van der Waals surface area contributed by atoms with Gasteiger partial charge in [-0.05, 0) is 24.1 Å². The smallest absolute Gasteiger partial charge is 0.122 e. The van der Waals surface area contributed by atoms with E-state index in [-0.39, 0.29) is 6.04 Å². The SMILES string of the molecule is CCc1nn(C)cc1C(N)c1cc(OC)cc(OC)c1. The summed E-state index contributed by atoms with van der Waals surface area (Å²) in [7, 11) is 5.17. The van der Waals surface area contributed by atoms with Gasteiger partial charge in [-0.15, -0.1) is 0 Å². The zero-order chi connectivity index (χ0) is 14.7. The predicted molar refractivity (Wildman–Crippen MR) is 78.2 cm³/mol. The highest BCUT2D eigenvalue weighted by Gasteiger charge is 2.17. The number of nitrogens with zero attached hydrogens (tertiary/aromatic N) is 2. The van der Waals surface area contributed by atoms with E-state index in [1.54, 1.807) is 18.9 Å². The summed E-state index contributed by atoms with van der Waals surface area (Å²) in [6.07, 6.45) is 2.82. The number of hydrogen-bond acceptors (Lipinski definition) is 4. The van der Waals surface area contributed by atoms with E-state index in [1.165, 1.54) is 0 Å². The lowest BCUT2D eigenvalue weighted by Gasteiger charge is -2.14. The average Bonchev–Trinajstić information content (AvgIpc) is 2.86. The van der Waals surface area contributed by atoms with Crippen molar-refractivity contribution in [2.75, 3.05) is 14.2 Å². The van der Waals surface area contributed by atoms with Crippen LogP contribution in [0.2, 0.25) is 0 Å². The summed E-state index contributed by atoms with van der Waals surface area (Å²) in [6.45, 7) is 2.07. The van der Waals surface area contributed by atoms with Crippen LogP contribution in [0.3, 0.4) is 0 Å². The van der Waals surface area contributed by atoms with Gasteiger partial charge in [0.15, 0.2) is 0 Å². The minimum Gasteiger partial charge on any atom is -0.497 e. The second-order valence-corrected chi connectivity index (χ2v) is 4.68. The van der Waals surface area contributed by atoms with E-state index in [4.69, 9.17) is 15.2 Å². The summed E-state index contributed by atoms with van der Waals surface area (Å²) in [5.74, 6) is 1.47. The van der Waals surface area contributed by atoms with Crippen molar-refractivity contribution in [2.45, 2.75) is 19.4 Å². The molecule has 1 aromatic carbocycles. The van der Waals surface area contributed by atoms with Crippen LogP contribution < -0.4 is 15.2 Å². The molecule has 5 nitrogen and oxygen atoms in total. The second-order valence-electron chi connectivity index (χ2n) is 4.68. The number of rotatable bonds is 5. The predicted octanol–water partition coefficient (Wildman–Crippen LogP) is 2.05. The molecule has 5 heteroatoms. The van der Waals surface area contributed by atoms with Gasteiger partial charge >= 0.3 is 0 Å². The average molecular weight is 275 g/mol. The monoisotopic (exact) mass is 275 g/mol. The van der Waals surface area contributed by atoms with Crippen LogP contribution in [0.25, 0.3) is 0 Å². The highest BCUT2D eigenvalue weighted by atomic mass is 16.5. The summed E-state index contributed by atoms with van der Waals surface area (Å²) in [6, 6.07) is 5.45. The molecule has 0 aliphatic heterocycles. The fourth-order valence-electron chi connectivity index (χ4n) is 2.28. The lowest BCUT2D eigenvalue weighted by molar-refractivity contribution is 0.393. The summed E-state index contributed by atoms with van der Waals surface area (Å²) in [4.78, 5) is 0. The van der Waals surface area contributed by atoms with Crippen LogP contribution in [0.1, 0.15) is 29.8 Å². The van der Waals surface area contributed by atoms with Crippen molar-refractivity contribution in [3.05, 3.63) is 41.2 Å². The van der Waals surface area contributed by atoms with Gasteiger partial charge in [0, 0.05) is 24.9 Å². The van der Waals surface area contributed by atoms with E-state index in [1.807, 2.05) is 31.4 Å². The first-order valence-corrected chi connectivity index (χ1v) is 6.60. The van der Waals surface area contributed by atoms with Gasteiger partial charge in [0.25, 0.3) is 0 Å². The minimum absolute atomic E-state index is 0.248. The fourth-order valence-corrected chi connectivity index (χ4v) is 2.28. The van der Waals surface area contributed by atoms with E-state index < -0.39 is 0 Å². The number of nitrogens with two attached hydrogens (primary N) is 1. The minimum atomic E-state index is -0.248. The fraction of sp³-hybridized carbons (Fsp3) is 0.400. The second kappa shape index (κ2) is 5.96. The molecule has 1 atom stereocenters. The number of aromatic nitrogens is 2.